The summed E-state index contributed by atoms with van der Waals surface area (Å²) in [6.45, 7) is 1.65. The smallest absolute Gasteiger partial charge is 0.249 e. The second-order valence-corrected chi connectivity index (χ2v) is 5.27. The van der Waals surface area contributed by atoms with Crippen LogP contribution in [0.15, 0.2) is 12.1 Å². The van der Waals surface area contributed by atoms with Gasteiger partial charge >= 0.3 is 0 Å². The van der Waals surface area contributed by atoms with Gasteiger partial charge in [0.1, 0.15) is 11.9 Å². The van der Waals surface area contributed by atoms with E-state index < -0.39 is 6.04 Å². The molecular formula is C13H12FN3O2S. The second-order valence-electron chi connectivity index (χ2n) is 4.89. The summed E-state index contributed by atoms with van der Waals surface area (Å²) in [5.74, 6) is -0.982. The summed E-state index contributed by atoms with van der Waals surface area (Å²) in [7, 11) is 0. The van der Waals surface area contributed by atoms with Gasteiger partial charge in [-0.1, -0.05) is 0 Å². The first-order valence-electron chi connectivity index (χ1n) is 6.21. The molecule has 0 aliphatic carbocycles. The van der Waals surface area contributed by atoms with Crippen LogP contribution in [0.1, 0.15) is 24.4 Å². The molecule has 7 heteroatoms. The van der Waals surface area contributed by atoms with E-state index >= 15 is 0 Å². The zero-order chi connectivity index (χ0) is 14.4. The van der Waals surface area contributed by atoms with Crippen LogP contribution in [-0.4, -0.2) is 21.4 Å². The molecule has 3 rings (SSSR count). The van der Waals surface area contributed by atoms with Crippen LogP contribution in [-0.2, 0) is 9.59 Å². The molecule has 0 saturated carbocycles. The standard InChI is InChI=1S/C13H12FN3O2S/c1-6-4-10-8(5-7(6)14)15-13(20)17(10)9-2-3-11(18)16-12(9)19/h4-5,9H,2-3H2,1H3,(H,15,20)(H,16,18,19). The molecule has 2 N–H and O–H groups in total. The molecule has 0 radical (unpaired) electrons. The van der Waals surface area contributed by atoms with Crippen molar-refractivity contribution >= 4 is 35.1 Å². The molecule has 1 aliphatic rings. The van der Waals surface area contributed by atoms with E-state index in [4.69, 9.17) is 12.2 Å². The molecule has 1 unspecified atom stereocenters. The largest absolute Gasteiger partial charge is 0.330 e. The summed E-state index contributed by atoms with van der Waals surface area (Å²) in [6, 6.07) is 2.47. The molecule has 0 bridgehead atoms. The van der Waals surface area contributed by atoms with E-state index in [1.807, 2.05) is 0 Å². The van der Waals surface area contributed by atoms with Crippen LogP contribution in [0.5, 0.6) is 0 Å². The van der Waals surface area contributed by atoms with E-state index in [9.17, 15) is 14.0 Å². The quantitative estimate of drug-likeness (QED) is 0.625. The highest BCUT2D eigenvalue weighted by molar-refractivity contribution is 7.71. The number of imidazole rings is 1. The van der Waals surface area contributed by atoms with Gasteiger partial charge in [-0.05, 0) is 43.3 Å². The fourth-order valence-corrected chi connectivity index (χ4v) is 2.82. The number of aromatic nitrogens is 2. The lowest BCUT2D eigenvalue weighted by Crippen LogP contribution is -2.41. The summed E-state index contributed by atoms with van der Waals surface area (Å²) in [6.07, 6.45) is 0.660. The molecule has 5 nitrogen and oxygen atoms in total. The summed E-state index contributed by atoms with van der Waals surface area (Å²) in [5.41, 5.74) is 1.69. The number of fused-ring (bicyclic) bond motifs is 1. The molecule has 1 atom stereocenters. The predicted molar refractivity (Wildman–Crippen MR) is 73.2 cm³/mol. The summed E-state index contributed by atoms with van der Waals surface area (Å²) >= 11 is 5.22. The Balaban J connectivity index is 2.18. The zero-order valence-corrected chi connectivity index (χ0v) is 11.5. The SMILES string of the molecule is Cc1cc2c(cc1F)[nH]c(=S)n2C1CCC(=O)NC1=O. The van der Waals surface area contributed by atoms with Gasteiger partial charge in [0.25, 0.3) is 0 Å². The number of hydrogen-bond donors (Lipinski definition) is 2. The van der Waals surface area contributed by atoms with Crippen molar-refractivity contribution in [2.45, 2.75) is 25.8 Å². The highest BCUT2D eigenvalue weighted by Crippen LogP contribution is 2.26. The van der Waals surface area contributed by atoms with E-state index in [1.165, 1.54) is 6.07 Å². The molecule has 0 spiro atoms. The summed E-state index contributed by atoms with van der Waals surface area (Å²) < 4.78 is 15.6. The first-order valence-corrected chi connectivity index (χ1v) is 6.62. The van der Waals surface area contributed by atoms with Crippen LogP contribution < -0.4 is 5.32 Å². The van der Waals surface area contributed by atoms with Crippen LogP contribution >= 0.6 is 12.2 Å². The summed E-state index contributed by atoms with van der Waals surface area (Å²) in [5, 5.41) is 2.30. The number of aromatic amines is 1. The molecule has 20 heavy (non-hydrogen) atoms. The van der Waals surface area contributed by atoms with E-state index in [-0.39, 0.29) is 24.1 Å². The van der Waals surface area contributed by atoms with Crippen LogP contribution in [0.2, 0.25) is 0 Å². The molecule has 1 aromatic heterocycles. The molecule has 2 heterocycles. The number of hydrogen-bond acceptors (Lipinski definition) is 3. The first kappa shape index (κ1) is 13.0. The van der Waals surface area contributed by atoms with Gasteiger partial charge in [-0.25, -0.2) is 4.39 Å². The maximum absolute atomic E-state index is 13.6. The molecule has 1 aromatic carbocycles. The molecule has 1 aliphatic heterocycles. The number of imide groups is 1. The average Bonchev–Trinajstić information content (AvgIpc) is 2.66. The van der Waals surface area contributed by atoms with E-state index in [1.54, 1.807) is 17.6 Å². The van der Waals surface area contributed by atoms with E-state index in [0.717, 1.165) is 0 Å². The van der Waals surface area contributed by atoms with Crippen molar-refractivity contribution in [3.63, 3.8) is 0 Å². The van der Waals surface area contributed by atoms with Crippen LogP contribution in [0, 0.1) is 17.5 Å². The zero-order valence-electron chi connectivity index (χ0n) is 10.7. The third-order valence-corrected chi connectivity index (χ3v) is 3.82. The number of carbonyl (C=O) groups excluding carboxylic acids is 2. The Hall–Kier alpha value is -2.02. The highest BCUT2D eigenvalue weighted by atomic mass is 32.1. The molecular weight excluding hydrogens is 281 g/mol. The number of piperidine rings is 1. The van der Waals surface area contributed by atoms with Crippen molar-refractivity contribution in [3.8, 4) is 0 Å². The minimum atomic E-state index is -0.543. The topological polar surface area (TPSA) is 66.9 Å². The second kappa shape index (κ2) is 4.52. The van der Waals surface area contributed by atoms with Gasteiger partial charge in [-0.2, -0.15) is 0 Å². The highest BCUT2D eigenvalue weighted by Gasteiger charge is 2.29. The molecule has 1 fully saturated rings. The lowest BCUT2D eigenvalue weighted by Gasteiger charge is -2.22. The molecule has 1 saturated heterocycles. The first-order chi connectivity index (χ1) is 9.47. The van der Waals surface area contributed by atoms with Crippen molar-refractivity contribution in [1.82, 2.24) is 14.9 Å². The van der Waals surface area contributed by atoms with Crippen molar-refractivity contribution < 1.29 is 14.0 Å². The Morgan fingerprint density at radius 2 is 2.15 bits per heavy atom. The third-order valence-electron chi connectivity index (χ3n) is 3.52. The third kappa shape index (κ3) is 1.94. The fraction of sp³-hybridized carbons (Fsp3) is 0.308. The maximum atomic E-state index is 13.6. The number of amides is 2. The average molecular weight is 293 g/mol. The van der Waals surface area contributed by atoms with Gasteiger partial charge in [0.05, 0.1) is 11.0 Å². The Labute approximate surface area is 118 Å². The minimum Gasteiger partial charge on any atom is -0.330 e. The molecule has 2 amide bonds. The normalized spacial score (nSPS) is 19.4. The Morgan fingerprint density at radius 1 is 1.40 bits per heavy atom. The predicted octanol–water partition coefficient (Wildman–Crippen LogP) is 2.12. The number of benzene rings is 1. The number of H-pyrrole nitrogens is 1. The number of aryl methyl sites for hydroxylation is 1. The van der Waals surface area contributed by atoms with Crippen molar-refractivity contribution in [2.24, 2.45) is 0 Å². The Kier molecular flexibility index (Phi) is 2.93. The van der Waals surface area contributed by atoms with Gasteiger partial charge in [0.15, 0.2) is 4.77 Å². The lowest BCUT2D eigenvalue weighted by atomic mass is 10.1. The summed E-state index contributed by atoms with van der Waals surface area (Å²) in [4.78, 5) is 26.1. The number of nitrogens with zero attached hydrogens (tertiary/aromatic N) is 1. The number of nitrogens with one attached hydrogen (secondary N) is 2. The van der Waals surface area contributed by atoms with Gasteiger partial charge in [0, 0.05) is 6.42 Å². The Morgan fingerprint density at radius 3 is 2.85 bits per heavy atom. The number of rotatable bonds is 1. The lowest BCUT2D eigenvalue weighted by molar-refractivity contribution is -0.135. The monoisotopic (exact) mass is 293 g/mol. The van der Waals surface area contributed by atoms with Gasteiger partial charge in [-0.15, -0.1) is 0 Å². The molecule has 2 aromatic rings. The van der Waals surface area contributed by atoms with Crippen molar-refractivity contribution in [2.75, 3.05) is 0 Å². The van der Waals surface area contributed by atoms with Gasteiger partial charge in [-0.3, -0.25) is 14.9 Å². The van der Waals surface area contributed by atoms with Crippen molar-refractivity contribution in [3.05, 3.63) is 28.3 Å². The maximum Gasteiger partial charge on any atom is 0.249 e. The van der Waals surface area contributed by atoms with Gasteiger partial charge in [0.2, 0.25) is 11.8 Å². The van der Waals surface area contributed by atoms with Crippen LogP contribution in [0.25, 0.3) is 11.0 Å². The Bertz CT molecular complexity index is 793. The van der Waals surface area contributed by atoms with E-state index in [2.05, 4.69) is 10.3 Å². The van der Waals surface area contributed by atoms with E-state index in [0.29, 0.717) is 27.8 Å². The van der Waals surface area contributed by atoms with Crippen LogP contribution in [0.4, 0.5) is 4.39 Å². The van der Waals surface area contributed by atoms with Gasteiger partial charge < -0.3 is 9.55 Å². The minimum absolute atomic E-state index is 0.269. The number of halogens is 1. The molecule has 104 valence electrons. The van der Waals surface area contributed by atoms with Crippen LogP contribution in [0.3, 0.4) is 0 Å². The number of carbonyl (C=O) groups is 2. The van der Waals surface area contributed by atoms with Crippen molar-refractivity contribution in [1.29, 1.82) is 0 Å². The fourth-order valence-electron chi connectivity index (χ4n) is 2.49.